The van der Waals surface area contributed by atoms with E-state index in [0.29, 0.717) is 28.7 Å². The highest BCUT2D eigenvalue weighted by atomic mass is 35.5. The van der Waals surface area contributed by atoms with Crippen LogP contribution in [0.1, 0.15) is 18.9 Å². The maximum atomic E-state index is 12.3. The Morgan fingerprint density at radius 2 is 2.19 bits per heavy atom. The number of hydrogen-bond acceptors (Lipinski definition) is 4. The molecule has 5 nitrogen and oxygen atoms in total. The summed E-state index contributed by atoms with van der Waals surface area (Å²) in [5.41, 5.74) is 6.88. The van der Waals surface area contributed by atoms with E-state index in [1.54, 1.807) is 6.92 Å². The summed E-state index contributed by atoms with van der Waals surface area (Å²) in [6.45, 7) is 7.31. The van der Waals surface area contributed by atoms with E-state index in [0.717, 1.165) is 26.1 Å². The number of halogens is 1. The predicted molar refractivity (Wildman–Crippen MR) is 86.0 cm³/mol. The van der Waals surface area contributed by atoms with Crippen LogP contribution in [-0.4, -0.2) is 39.5 Å². The Kier molecular flexibility index (Phi) is 5.14. The molecule has 118 valence electrons. The highest BCUT2D eigenvalue weighted by Gasteiger charge is 2.24. The van der Waals surface area contributed by atoms with Crippen molar-refractivity contribution in [1.82, 2.24) is 9.62 Å². The van der Waals surface area contributed by atoms with Crippen LogP contribution in [0.4, 0.5) is 5.69 Å². The molecule has 1 unspecified atom stereocenters. The fourth-order valence-corrected chi connectivity index (χ4v) is 3.98. The van der Waals surface area contributed by atoms with Crippen LogP contribution in [0, 0.1) is 12.8 Å². The molecule has 1 saturated heterocycles. The SMILES string of the molecule is CCN1CCC(CNS(=O)(=O)c2cc(N)c(C)c(Cl)c2)C1. The van der Waals surface area contributed by atoms with Gasteiger partial charge in [-0.3, -0.25) is 0 Å². The van der Waals surface area contributed by atoms with Crippen molar-refractivity contribution in [3.63, 3.8) is 0 Å². The van der Waals surface area contributed by atoms with Gasteiger partial charge in [-0.1, -0.05) is 18.5 Å². The zero-order valence-electron chi connectivity index (χ0n) is 12.4. The van der Waals surface area contributed by atoms with E-state index in [1.807, 2.05) is 0 Å². The fourth-order valence-electron chi connectivity index (χ4n) is 2.51. The molecule has 1 atom stereocenters. The lowest BCUT2D eigenvalue weighted by molar-refractivity contribution is 0.342. The first-order valence-corrected chi connectivity index (χ1v) is 8.97. The van der Waals surface area contributed by atoms with Crippen LogP contribution in [0.25, 0.3) is 0 Å². The maximum absolute atomic E-state index is 12.3. The molecule has 0 amide bonds. The fraction of sp³-hybridized carbons (Fsp3) is 0.571. The molecule has 2 rings (SSSR count). The zero-order chi connectivity index (χ0) is 15.6. The van der Waals surface area contributed by atoms with Gasteiger partial charge in [-0.2, -0.15) is 0 Å². The van der Waals surface area contributed by atoms with Crippen molar-refractivity contribution >= 4 is 27.3 Å². The molecular formula is C14H22ClN3O2S. The van der Waals surface area contributed by atoms with Gasteiger partial charge in [0.25, 0.3) is 0 Å². The number of nitrogen functional groups attached to an aromatic ring is 1. The molecule has 7 heteroatoms. The molecule has 0 aliphatic carbocycles. The van der Waals surface area contributed by atoms with Crippen LogP contribution in [-0.2, 0) is 10.0 Å². The van der Waals surface area contributed by atoms with Crippen LogP contribution >= 0.6 is 11.6 Å². The smallest absolute Gasteiger partial charge is 0.240 e. The van der Waals surface area contributed by atoms with Gasteiger partial charge in [0.05, 0.1) is 4.90 Å². The molecule has 1 aliphatic heterocycles. The van der Waals surface area contributed by atoms with Crippen molar-refractivity contribution in [2.45, 2.75) is 25.2 Å². The molecule has 0 saturated carbocycles. The van der Waals surface area contributed by atoms with Gasteiger partial charge in [0.15, 0.2) is 0 Å². The number of nitrogens with two attached hydrogens (primary N) is 1. The van der Waals surface area contributed by atoms with Gasteiger partial charge >= 0.3 is 0 Å². The first kappa shape index (κ1) is 16.5. The van der Waals surface area contributed by atoms with E-state index < -0.39 is 10.0 Å². The first-order chi connectivity index (χ1) is 9.83. The summed E-state index contributed by atoms with van der Waals surface area (Å²) in [6, 6.07) is 2.90. The Bertz CT molecular complexity index is 596. The number of nitrogens with zero attached hydrogens (tertiary/aromatic N) is 1. The number of nitrogens with one attached hydrogen (secondary N) is 1. The summed E-state index contributed by atoms with van der Waals surface area (Å²) in [6.07, 6.45) is 1.02. The molecule has 1 aromatic rings. The molecular weight excluding hydrogens is 310 g/mol. The molecule has 1 aromatic carbocycles. The standard InChI is InChI=1S/C14H22ClN3O2S/c1-3-18-5-4-11(9-18)8-17-21(19,20)12-6-13(15)10(2)14(16)7-12/h6-7,11,17H,3-5,8-9,16H2,1-2H3. The molecule has 1 heterocycles. The Morgan fingerprint density at radius 3 is 2.76 bits per heavy atom. The Morgan fingerprint density at radius 1 is 1.48 bits per heavy atom. The van der Waals surface area contributed by atoms with E-state index in [4.69, 9.17) is 17.3 Å². The lowest BCUT2D eigenvalue weighted by Gasteiger charge is -2.14. The second-order valence-corrected chi connectivity index (χ2v) is 7.69. The van der Waals surface area contributed by atoms with Gasteiger partial charge in [-0.05, 0) is 50.0 Å². The molecule has 3 N–H and O–H groups in total. The van der Waals surface area contributed by atoms with Crippen molar-refractivity contribution in [1.29, 1.82) is 0 Å². The van der Waals surface area contributed by atoms with Crippen LogP contribution in [0.15, 0.2) is 17.0 Å². The van der Waals surface area contributed by atoms with Crippen LogP contribution in [0.2, 0.25) is 5.02 Å². The van der Waals surface area contributed by atoms with E-state index in [2.05, 4.69) is 16.5 Å². The average Bonchev–Trinajstić information content (AvgIpc) is 2.90. The molecule has 1 aliphatic rings. The summed E-state index contributed by atoms with van der Waals surface area (Å²) in [5.74, 6) is 0.359. The topological polar surface area (TPSA) is 75.4 Å². The minimum absolute atomic E-state index is 0.126. The van der Waals surface area contributed by atoms with Crippen LogP contribution < -0.4 is 10.5 Å². The van der Waals surface area contributed by atoms with Crippen molar-refractivity contribution in [3.05, 3.63) is 22.7 Å². The van der Waals surface area contributed by atoms with Crippen molar-refractivity contribution in [2.75, 3.05) is 31.9 Å². The quantitative estimate of drug-likeness (QED) is 0.807. The highest BCUT2D eigenvalue weighted by molar-refractivity contribution is 7.89. The predicted octanol–water partition coefficient (Wildman–Crippen LogP) is 1.85. The highest BCUT2D eigenvalue weighted by Crippen LogP contribution is 2.26. The second kappa shape index (κ2) is 6.52. The van der Waals surface area contributed by atoms with Gasteiger partial charge in [0, 0.05) is 23.8 Å². The van der Waals surface area contributed by atoms with Gasteiger partial charge in [-0.15, -0.1) is 0 Å². The number of rotatable bonds is 5. The normalized spacial score (nSPS) is 20.0. The maximum Gasteiger partial charge on any atom is 0.240 e. The van der Waals surface area contributed by atoms with E-state index >= 15 is 0 Å². The van der Waals surface area contributed by atoms with Crippen LogP contribution in [0.5, 0.6) is 0 Å². The minimum atomic E-state index is -3.57. The lowest BCUT2D eigenvalue weighted by Crippen LogP contribution is -2.31. The number of sulfonamides is 1. The number of benzene rings is 1. The minimum Gasteiger partial charge on any atom is -0.398 e. The van der Waals surface area contributed by atoms with Crippen molar-refractivity contribution in [3.8, 4) is 0 Å². The third-order valence-electron chi connectivity index (χ3n) is 4.05. The molecule has 21 heavy (non-hydrogen) atoms. The monoisotopic (exact) mass is 331 g/mol. The van der Waals surface area contributed by atoms with E-state index in [9.17, 15) is 8.42 Å². The summed E-state index contributed by atoms with van der Waals surface area (Å²) in [4.78, 5) is 2.45. The van der Waals surface area contributed by atoms with E-state index in [1.165, 1.54) is 12.1 Å². The van der Waals surface area contributed by atoms with Crippen molar-refractivity contribution < 1.29 is 8.42 Å². The summed E-state index contributed by atoms with van der Waals surface area (Å²) >= 11 is 6.01. The third kappa shape index (κ3) is 3.88. The van der Waals surface area contributed by atoms with Gasteiger partial charge in [0.1, 0.15) is 0 Å². The van der Waals surface area contributed by atoms with Gasteiger partial charge < -0.3 is 10.6 Å². The Labute approximate surface area is 131 Å². The molecule has 0 spiro atoms. The van der Waals surface area contributed by atoms with Crippen molar-refractivity contribution in [2.24, 2.45) is 5.92 Å². The number of likely N-dealkylation sites (tertiary alicyclic amines) is 1. The van der Waals surface area contributed by atoms with E-state index in [-0.39, 0.29) is 4.90 Å². The molecule has 1 fully saturated rings. The van der Waals surface area contributed by atoms with Gasteiger partial charge in [0.2, 0.25) is 10.0 Å². The lowest BCUT2D eigenvalue weighted by atomic mass is 10.1. The number of hydrogen-bond donors (Lipinski definition) is 2. The Balaban J connectivity index is 2.05. The molecule has 0 bridgehead atoms. The summed E-state index contributed by atoms with van der Waals surface area (Å²) < 4.78 is 27.3. The molecule has 0 aromatic heterocycles. The second-order valence-electron chi connectivity index (χ2n) is 5.52. The summed E-state index contributed by atoms with van der Waals surface area (Å²) in [5, 5.41) is 0.369. The first-order valence-electron chi connectivity index (χ1n) is 7.11. The third-order valence-corrected chi connectivity index (χ3v) is 5.84. The Hall–Kier alpha value is -0.820. The summed E-state index contributed by atoms with van der Waals surface area (Å²) in [7, 11) is -3.57. The average molecular weight is 332 g/mol. The largest absolute Gasteiger partial charge is 0.398 e. The molecule has 0 radical (unpaired) electrons. The number of anilines is 1. The van der Waals surface area contributed by atoms with Gasteiger partial charge in [-0.25, -0.2) is 13.1 Å². The van der Waals surface area contributed by atoms with Crippen LogP contribution in [0.3, 0.4) is 0 Å². The zero-order valence-corrected chi connectivity index (χ0v) is 14.0.